The normalized spacial score (nSPS) is 13.1. The highest BCUT2D eigenvalue weighted by atomic mass is 32.2. The predicted octanol–water partition coefficient (Wildman–Crippen LogP) is 7.81. The zero-order valence-electron chi connectivity index (χ0n) is 28.0. The molecule has 4 aromatic rings. The first-order valence-corrected chi connectivity index (χ1v) is 18.3. The van der Waals surface area contributed by atoms with Crippen LogP contribution in [-0.4, -0.2) is 52.2 Å². The third-order valence-corrected chi connectivity index (χ3v) is 9.75. The number of ether oxygens (including phenoxy) is 2. The molecule has 0 unspecified atom stereocenters. The fourth-order valence-corrected chi connectivity index (χ4v) is 6.89. The van der Waals surface area contributed by atoms with Crippen LogP contribution >= 0.6 is 0 Å². The summed E-state index contributed by atoms with van der Waals surface area (Å²) >= 11 is 0. The predicted molar refractivity (Wildman–Crippen MR) is 193 cm³/mol. The number of nitrogens with zero attached hydrogens (tertiary/aromatic N) is 2. The molecule has 0 spiro atoms. The summed E-state index contributed by atoms with van der Waals surface area (Å²) in [6.45, 7) is 9.96. The molecule has 0 aliphatic carbocycles. The molecule has 3 aromatic carbocycles. The molecule has 0 fully saturated rings. The van der Waals surface area contributed by atoms with Crippen LogP contribution in [0.5, 0.6) is 5.75 Å². The van der Waals surface area contributed by atoms with Gasteiger partial charge < -0.3 is 19.7 Å². The third kappa shape index (κ3) is 9.55. The van der Waals surface area contributed by atoms with Crippen molar-refractivity contribution >= 4 is 33.2 Å². The van der Waals surface area contributed by atoms with Gasteiger partial charge in [0.25, 0.3) is 5.91 Å². The van der Waals surface area contributed by atoms with E-state index in [9.17, 15) is 13.2 Å². The van der Waals surface area contributed by atoms with Crippen molar-refractivity contribution in [2.45, 2.75) is 50.7 Å². The molecule has 0 saturated carbocycles. The molecule has 48 heavy (non-hydrogen) atoms. The Morgan fingerprint density at radius 1 is 0.938 bits per heavy atom. The van der Waals surface area contributed by atoms with Crippen molar-refractivity contribution in [3.63, 3.8) is 0 Å². The van der Waals surface area contributed by atoms with E-state index < -0.39 is 9.84 Å². The molecule has 8 nitrogen and oxygen atoms in total. The van der Waals surface area contributed by atoms with E-state index >= 15 is 0 Å². The van der Waals surface area contributed by atoms with Crippen LogP contribution in [0.3, 0.4) is 0 Å². The van der Waals surface area contributed by atoms with Crippen molar-refractivity contribution in [3.05, 3.63) is 108 Å². The Morgan fingerprint density at radius 2 is 1.71 bits per heavy atom. The number of pyridine rings is 1. The fraction of sp³-hybridized carbons (Fsp3) is 0.333. The van der Waals surface area contributed by atoms with Crippen LogP contribution in [0.15, 0.2) is 102 Å². The van der Waals surface area contributed by atoms with Gasteiger partial charge in [0, 0.05) is 42.8 Å². The molecule has 9 heteroatoms. The lowest BCUT2D eigenvalue weighted by atomic mass is 10.00. The second-order valence-electron chi connectivity index (χ2n) is 12.4. The van der Waals surface area contributed by atoms with Gasteiger partial charge in [-0.3, -0.25) is 9.78 Å². The zero-order chi connectivity index (χ0) is 33.9. The molecule has 0 radical (unpaired) electrons. The van der Waals surface area contributed by atoms with Gasteiger partial charge >= 0.3 is 0 Å². The van der Waals surface area contributed by atoms with E-state index in [2.05, 4.69) is 66.3 Å². The molecule has 5 rings (SSSR count). The molecule has 0 saturated heterocycles. The number of rotatable bonds is 15. The van der Waals surface area contributed by atoms with E-state index in [4.69, 9.17) is 9.47 Å². The summed E-state index contributed by atoms with van der Waals surface area (Å²) in [6.07, 6.45) is 6.31. The minimum Gasteiger partial charge on any atom is -0.491 e. The number of hydrogen-bond acceptors (Lipinski definition) is 7. The minimum absolute atomic E-state index is 0.182. The van der Waals surface area contributed by atoms with E-state index in [1.165, 1.54) is 12.1 Å². The Labute approximate surface area is 284 Å². The molecule has 252 valence electrons. The van der Waals surface area contributed by atoms with Crippen LogP contribution in [0, 0.1) is 5.92 Å². The van der Waals surface area contributed by atoms with Crippen LogP contribution in [0.1, 0.15) is 51.3 Å². The fourth-order valence-electron chi connectivity index (χ4n) is 5.61. The van der Waals surface area contributed by atoms with Crippen LogP contribution in [0.4, 0.5) is 11.4 Å². The standard InChI is InChI=1S/C39H45N3O5S/c1-4-5-22-46-23-24-47-36-14-9-30(10-15-36)31-11-18-38-33(25-31)26-32(19-21-42(38)27-29(2)3)39(43)41-34-12-16-37(17-13-34)48(44,45)28-35-8-6-7-20-40-35/h6-18,20,25-26,29H,4-5,19,21-24,27-28H2,1-3H3,(H,41,43). The largest absolute Gasteiger partial charge is 0.491 e. The second-order valence-corrected chi connectivity index (χ2v) is 14.4. The van der Waals surface area contributed by atoms with Crippen molar-refractivity contribution in [2.24, 2.45) is 5.92 Å². The smallest absolute Gasteiger partial charge is 0.251 e. The minimum atomic E-state index is -3.58. The third-order valence-electron chi connectivity index (χ3n) is 8.09. The number of nitrogens with one attached hydrogen (secondary N) is 1. The number of fused-ring (bicyclic) bond motifs is 1. The van der Waals surface area contributed by atoms with E-state index in [1.807, 2.05) is 18.2 Å². The van der Waals surface area contributed by atoms with Crippen molar-refractivity contribution in [1.82, 2.24) is 4.98 Å². The number of unbranched alkanes of at least 4 members (excludes halogenated alkanes) is 1. The maximum absolute atomic E-state index is 13.6. The molecule has 1 aromatic heterocycles. The lowest BCUT2D eigenvalue weighted by Crippen LogP contribution is -2.29. The van der Waals surface area contributed by atoms with Crippen molar-refractivity contribution in [3.8, 4) is 16.9 Å². The highest BCUT2D eigenvalue weighted by Crippen LogP contribution is 2.34. The molecule has 1 aliphatic rings. The number of sulfone groups is 1. The summed E-state index contributed by atoms with van der Waals surface area (Å²) in [4.78, 5) is 20.3. The van der Waals surface area contributed by atoms with Crippen molar-refractivity contribution < 1.29 is 22.7 Å². The first-order valence-electron chi connectivity index (χ1n) is 16.7. The summed E-state index contributed by atoms with van der Waals surface area (Å²) in [5, 5.41) is 2.98. The summed E-state index contributed by atoms with van der Waals surface area (Å²) in [6, 6.07) is 26.0. The summed E-state index contributed by atoms with van der Waals surface area (Å²) in [5.74, 6) is 0.855. The quantitative estimate of drug-likeness (QED) is 0.129. The maximum Gasteiger partial charge on any atom is 0.251 e. The van der Waals surface area contributed by atoms with Crippen LogP contribution in [0.2, 0.25) is 0 Å². The summed E-state index contributed by atoms with van der Waals surface area (Å²) < 4.78 is 37.3. The summed E-state index contributed by atoms with van der Waals surface area (Å²) in [7, 11) is -3.58. The molecule has 2 heterocycles. The topological polar surface area (TPSA) is 97.8 Å². The Morgan fingerprint density at radius 3 is 2.42 bits per heavy atom. The maximum atomic E-state index is 13.6. The summed E-state index contributed by atoms with van der Waals surface area (Å²) in [5.41, 5.74) is 5.86. The Balaban J connectivity index is 1.30. The molecule has 1 aliphatic heterocycles. The molecule has 0 atom stereocenters. The average Bonchev–Trinajstić information content (AvgIpc) is 3.26. The van der Waals surface area contributed by atoms with E-state index in [0.29, 0.717) is 49.1 Å². The van der Waals surface area contributed by atoms with Crippen molar-refractivity contribution in [2.75, 3.05) is 43.1 Å². The van der Waals surface area contributed by atoms with Crippen molar-refractivity contribution in [1.29, 1.82) is 0 Å². The van der Waals surface area contributed by atoms with Crippen LogP contribution in [-0.2, 0) is 25.1 Å². The average molecular weight is 668 g/mol. The van der Waals surface area contributed by atoms with Gasteiger partial charge in [0.15, 0.2) is 9.84 Å². The zero-order valence-corrected chi connectivity index (χ0v) is 28.8. The number of hydrogen-bond donors (Lipinski definition) is 1. The highest BCUT2D eigenvalue weighted by Gasteiger charge is 2.22. The SMILES string of the molecule is CCCCOCCOc1ccc(-c2ccc3c(c2)C=C(C(=O)Nc2ccc(S(=O)(=O)Cc4ccccn4)cc2)CCN3CC(C)C)cc1. The number of aromatic nitrogens is 1. The van der Waals surface area contributed by atoms with E-state index in [-0.39, 0.29) is 16.6 Å². The van der Waals surface area contributed by atoms with Gasteiger partial charge in [-0.15, -0.1) is 0 Å². The lowest BCUT2D eigenvalue weighted by molar-refractivity contribution is -0.112. The molecule has 1 N–H and O–H groups in total. The highest BCUT2D eigenvalue weighted by molar-refractivity contribution is 7.90. The molecular weight excluding hydrogens is 623 g/mol. The van der Waals surface area contributed by atoms with Crippen LogP contribution in [0.25, 0.3) is 17.2 Å². The number of carbonyl (C=O) groups is 1. The lowest BCUT2D eigenvalue weighted by Gasteiger charge is -2.27. The van der Waals surface area contributed by atoms with Gasteiger partial charge in [0.05, 0.1) is 22.9 Å². The number of carbonyl (C=O) groups excluding carboxylic acids is 1. The van der Waals surface area contributed by atoms with Gasteiger partial charge in [0.1, 0.15) is 12.4 Å². The molecule has 1 amide bonds. The molecule has 0 bridgehead atoms. The Hall–Kier alpha value is -4.47. The second kappa shape index (κ2) is 16.6. The number of amides is 1. The number of anilines is 2. The van der Waals surface area contributed by atoms with Gasteiger partial charge in [-0.2, -0.15) is 0 Å². The molecular formula is C39H45N3O5S. The van der Waals surface area contributed by atoms with Crippen LogP contribution < -0.4 is 15.0 Å². The first-order chi connectivity index (χ1) is 23.2. The van der Waals surface area contributed by atoms with Gasteiger partial charge in [-0.05, 0) is 102 Å². The van der Waals surface area contributed by atoms with E-state index in [1.54, 1.807) is 36.5 Å². The van der Waals surface area contributed by atoms with Gasteiger partial charge in [-0.1, -0.05) is 51.5 Å². The van der Waals surface area contributed by atoms with E-state index in [0.717, 1.165) is 54.1 Å². The Bertz CT molecular complexity index is 1790. The van der Waals surface area contributed by atoms with Gasteiger partial charge in [-0.25, -0.2) is 8.42 Å². The first kappa shape index (κ1) is 34.9. The monoisotopic (exact) mass is 667 g/mol. The Kier molecular flexibility index (Phi) is 12.0. The van der Waals surface area contributed by atoms with Gasteiger partial charge in [0.2, 0.25) is 0 Å². The number of benzene rings is 3.